The maximum atomic E-state index is 13.1. The van der Waals surface area contributed by atoms with Crippen LogP contribution in [0.4, 0.5) is 4.39 Å². The van der Waals surface area contributed by atoms with Crippen LogP contribution in [0.3, 0.4) is 0 Å². The van der Waals surface area contributed by atoms with Gasteiger partial charge in [0.15, 0.2) is 0 Å². The standard InChI is InChI=1S/C15H14Cl2FN/c1-10(11-3-2-4-14(18)8-11)19-9-12-7-13(16)5-6-15(12)17/h2-8,10,19H,9H2,1H3. The third-order valence-electron chi connectivity index (χ3n) is 2.96. The number of nitrogens with one attached hydrogen (secondary N) is 1. The van der Waals surface area contributed by atoms with Gasteiger partial charge in [-0.3, -0.25) is 0 Å². The van der Waals surface area contributed by atoms with E-state index in [1.54, 1.807) is 18.2 Å². The van der Waals surface area contributed by atoms with Gasteiger partial charge < -0.3 is 5.32 Å². The van der Waals surface area contributed by atoms with Crippen LogP contribution in [0.15, 0.2) is 42.5 Å². The maximum Gasteiger partial charge on any atom is 0.123 e. The summed E-state index contributed by atoms with van der Waals surface area (Å²) in [5.74, 6) is -0.230. The van der Waals surface area contributed by atoms with E-state index in [0.717, 1.165) is 11.1 Å². The molecule has 19 heavy (non-hydrogen) atoms. The van der Waals surface area contributed by atoms with Gasteiger partial charge in [-0.1, -0.05) is 35.3 Å². The van der Waals surface area contributed by atoms with Crippen molar-refractivity contribution in [2.75, 3.05) is 0 Å². The predicted octanol–water partition coefficient (Wildman–Crippen LogP) is 4.98. The quantitative estimate of drug-likeness (QED) is 0.839. The molecule has 0 bridgehead atoms. The second-order valence-corrected chi connectivity index (χ2v) is 5.24. The third kappa shape index (κ3) is 3.93. The summed E-state index contributed by atoms with van der Waals surface area (Å²) in [4.78, 5) is 0. The molecular formula is C15H14Cl2FN. The molecule has 1 atom stereocenters. The van der Waals surface area contributed by atoms with Gasteiger partial charge in [0, 0.05) is 22.6 Å². The molecule has 0 heterocycles. The highest BCUT2D eigenvalue weighted by Gasteiger charge is 2.07. The van der Waals surface area contributed by atoms with Gasteiger partial charge in [0.25, 0.3) is 0 Å². The number of hydrogen-bond acceptors (Lipinski definition) is 1. The van der Waals surface area contributed by atoms with Crippen LogP contribution in [-0.4, -0.2) is 0 Å². The summed E-state index contributed by atoms with van der Waals surface area (Å²) in [5.41, 5.74) is 1.83. The Kier molecular flexibility index (Phi) is 4.81. The lowest BCUT2D eigenvalue weighted by Gasteiger charge is -2.15. The fourth-order valence-electron chi connectivity index (χ4n) is 1.84. The van der Waals surface area contributed by atoms with E-state index < -0.39 is 0 Å². The Morgan fingerprint density at radius 2 is 1.95 bits per heavy atom. The Morgan fingerprint density at radius 3 is 2.68 bits per heavy atom. The Hall–Kier alpha value is -1.09. The molecule has 2 aromatic rings. The van der Waals surface area contributed by atoms with Gasteiger partial charge in [-0.2, -0.15) is 0 Å². The molecule has 4 heteroatoms. The van der Waals surface area contributed by atoms with E-state index in [2.05, 4.69) is 5.32 Å². The van der Waals surface area contributed by atoms with Crippen molar-refractivity contribution < 1.29 is 4.39 Å². The highest BCUT2D eigenvalue weighted by atomic mass is 35.5. The van der Waals surface area contributed by atoms with Gasteiger partial charge in [0.1, 0.15) is 5.82 Å². The molecule has 1 unspecified atom stereocenters. The van der Waals surface area contributed by atoms with E-state index in [1.807, 2.05) is 19.1 Å². The monoisotopic (exact) mass is 297 g/mol. The van der Waals surface area contributed by atoms with Crippen LogP contribution < -0.4 is 5.32 Å². The minimum Gasteiger partial charge on any atom is -0.306 e. The first-order chi connectivity index (χ1) is 9.06. The SMILES string of the molecule is CC(NCc1cc(Cl)ccc1Cl)c1cccc(F)c1. The molecule has 0 spiro atoms. The van der Waals surface area contributed by atoms with E-state index in [9.17, 15) is 4.39 Å². The third-order valence-corrected chi connectivity index (χ3v) is 3.56. The van der Waals surface area contributed by atoms with Crippen molar-refractivity contribution in [2.45, 2.75) is 19.5 Å². The summed E-state index contributed by atoms with van der Waals surface area (Å²) in [6, 6.07) is 11.9. The number of hydrogen-bond donors (Lipinski definition) is 1. The molecule has 0 amide bonds. The summed E-state index contributed by atoms with van der Waals surface area (Å²) in [7, 11) is 0. The van der Waals surface area contributed by atoms with Crippen LogP contribution in [0, 0.1) is 5.82 Å². The zero-order chi connectivity index (χ0) is 13.8. The van der Waals surface area contributed by atoms with Gasteiger partial charge in [0.2, 0.25) is 0 Å². The first kappa shape index (κ1) is 14.3. The topological polar surface area (TPSA) is 12.0 Å². The average Bonchev–Trinajstić information content (AvgIpc) is 2.39. The van der Waals surface area contributed by atoms with E-state index in [1.165, 1.54) is 12.1 Å². The molecule has 0 aliphatic carbocycles. The molecule has 0 radical (unpaired) electrons. The predicted molar refractivity (Wildman–Crippen MR) is 78.1 cm³/mol. The first-order valence-corrected chi connectivity index (χ1v) is 6.74. The van der Waals surface area contributed by atoms with Crippen LogP contribution in [-0.2, 0) is 6.54 Å². The van der Waals surface area contributed by atoms with Crippen molar-refractivity contribution in [1.29, 1.82) is 0 Å². The number of halogens is 3. The van der Waals surface area contributed by atoms with Gasteiger partial charge in [-0.05, 0) is 48.4 Å². The first-order valence-electron chi connectivity index (χ1n) is 5.99. The molecule has 0 aliphatic rings. The van der Waals surface area contributed by atoms with Crippen LogP contribution in [0.1, 0.15) is 24.1 Å². The van der Waals surface area contributed by atoms with Gasteiger partial charge in [-0.25, -0.2) is 4.39 Å². The van der Waals surface area contributed by atoms with Crippen molar-refractivity contribution in [3.05, 3.63) is 69.5 Å². The van der Waals surface area contributed by atoms with Gasteiger partial charge in [0.05, 0.1) is 0 Å². The molecule has 0 aliphatic heterocycles. The molecular weight excluding hydrogens is 284 g/mol. The normalized spacial score (nSPS) is 12.4. The zero-order valence-electron chi connectivity index (χ0n) is 10.5. The molecule has 2 aromatic carbocycles. The largest absolute Gasteiger partial charge is 0.306 e. The summed E-state index contributed by atoms with van der Waals surface area (Å²) < 4.78 is 13.1. The Bertz CT molecular complexity index is 572. The van der Waals surface area contributed by atoms with Crippen molar-refractivity contribution >= 4 is 23.2 Å². The maximum absolute atomic E-state index is 13.1. The zero-order valence-corrected chi connectivity index (χ0v) is 12.0. The lowest BCUT2D eigenvalue weighted by molar-refractivity contribution is 0.565. The summed E-state index contributed by atoms with van der Waals surface area (Å²) in [5, 5.41) is 4.62. The molecule has 100 valence electrons. The molecule has 1 nitrogen and oxygen atoms in total. The van der Waals surface area contributed by atoms with Crippen molar-refractivity contribution in [3.63, 3.8) is 0 Å². The Labute approximate surface area is 122 Å². The van der Waals surface area contributed by atoms with E-state index in [-0.39, 0.29) is 11.9 Å². The lowest BCUT2D eigenvalue weighted by Crippen LogP contribution is -2.18. The summed E-state index contributed by atoms with van der Waals surface area (Å²) in [6.45, 7) is 2.56. The Balaban J connectivity index is 2.04. The van der Waals surface area contributed by atoms with E-state index in [4.69, 9.17) is 23.2 Å². The Morgan fingerprint density at radius 1 is 1.16 bits per heavy atom. The number of rotatable bonds is 4. The second kappa shape index (κ2) is 6.38. The van der Waals surface area contributed by atoms with Crippen molar-refractivity contribution in [3.8, 4) is 0 Å². The second-order valence-electron chi connectivity index (χ2n) is 4.39. The minimum atomic E-state index is -0.230. The van der Waals surface area contributed by atoms with E-state index in [0.29, 0.717) is 16.6 Å². The smallest absolute Gasteiger partial charge is 0.123 e. The van der Waals surface area contributed by atoms with Gasteiger partial charge in [-0.15, -0.1) is 0 Å². The highest BCUT2D eigenvalue weighted by Crippen LogP contribution is 2.21. The van der Waals surface area contributed by atoms with Gasteiger partial charge >= 0.3 is 0 Å². The lowest BCUT2D eigenvalue weighted by atomic mass is 10.1. The molecule has 0 aromatic heterocycles. The fourth-order valence-corrected chi connectivity index (χ4v) is 2.21. The minimum absolute atomic E-state index is 0.0331. The summed E-state index contributed by atoms with van der Waals surface area (Å²) >= 11 is 12.0. The summed E-state index contributed by atoms with van der Waals surface area (Å²) in [6.07, 6.45) is 0. The van der Waals surface area contributed by atoms with Crippen LogP contribution in [0.2, 0.25) is 10.0 Å². The van der Waals surface area contributed by atoms with Crippen molar-refractivity contribution in [2.24, 2.45) is 0 Å². The molecule has 1 N–H and O–H groups in total. The average molecular weight is 298 g/mol. The van der Waals surface area contributed by atoms with Crippen LogP contribution >= 0.6 is 23.2 Å². The van der Waals surface area contributed by atoms with Crippen molar-refractivity contribution in [1.82, 2.24) is 5.32 Å². The van der Waals surface area contributed by atoms with E-state index >= 15 is 0 Å². The number of benzene rings is 2. The molecule has 0 saturated heterocycles. The van der Waals surface area contributed by atoms with Crippen LogP contribution in [0.25, 0.3) is 0 Å². The van der Waals surface area contributed by atoms with Crippen LogP contribution in [0.5, 0.6) is 0 Å². The highest BCUT2D eigenvalue weighted by molar-refractivity contribution is 6.33. The molecule has 2 rings (SSSR count). The molecule has 0 fully saturated rings. The molecule has 0 saturated carbocycles. The fraction of sp³-hybridized carbons (Fsp3) is 0.200.